The van der Waals surface area contributed by atoms with Gasteiger partial charge in [-0.25, -0.2) is 0 Å². The van der Waals surface area contributed by atoms with E-state index in [0.717, 1.165) is 11.3 Å². The van der Waals surface area contributed by atoms with Crippen molar-refractivity contribution in [3.8, 4) is 5.75 Å². The standard InChI is InChI=1S/C31H34N8O4/c1-33-28(32)13-14-34-30(41)26-15-24(19-38(26)2)37-31(42)27-16-23(18-39(27)3)36-29(40)21-8-10-22(35-17-21)9-5-20-6-11-25(43-4)12-7-20/h5-12,15-19H,13-14H2,1-4H3,(H2,32,33)(H,34,41)(H,36,40)(H,37,42)/b9-5+. The second-order valence-electron chi connectivity index (χ2n) is 9.67. The molecule has 1 aromatic carbocycles. The molecule has 0 fully saturated rings. The number of nitrogens with one attached hydrogen (secondary N) is 5. The molecule has 0 unspecified atom stereocenters. The van der Waals surface area contributed by atoms with E-state index in [-0.39, 0.29) is 11.8 Å². The van der Waals surface area contributed by atoms with Crippen molar-refractivity contribution < 1.29 is 19.1 Å². The summed E-state index contributed by atoms with van der Waals surface area (Å²) in [6.45, 7) is 0.311. The largest absolute Gasteiger partial charge is 0.497 e. The highest BCUT2D eigenvalue weighted by Crippen LogP contribution is 2.19. The first kappa shape index (κ1) is 30.3. The van der Waals surface area contributed by atoms with Gasteiger partial charge in [0.25, 0.3) is 17.7 Å². The van der Waals surface area contributed by atoms with E-state index in [1.165, 1.54) is 6.20 Å². The lowest BCUT2D eigenvalue weighted by molar-refractivity contribution is 0.0945. The second kappa shape index (κ2) is 13.8. The maximum absolute atomic E-state index is 13.0. The molecule has 4 aromatic rings. The highest BCUT2D eigenvalue weighted by Gasteiger charge is 2.17. The molecule has 3 amide bonds. The topological polar surface area (TPSA) is 155 Å². The molecule has 222 valence electrons. The summed E-state index contributed by atoms with van der Waals surface area (Å²) in [7, 11) is 6.67. The third-order valence-corrected chi connectivity index (χ3v) is 6.56. The Morgan fingerprint density at radius 1 is 0.884 bits per heavy atom. The zero-order valence-electron chi connectivity index (χ0n) is 24.4. The van der Waals surface area contributed by atoms with Crippen LogP contribution in [0.4, 0.5) is 11.4 Å². The van der Waals surface area contributed by atoms with Gasteiger partial charge in [0.15, 0.2) is 0 Å². The summed E-state index contributed by atoms with van der Waals surface area (Å²) in [4.78, 5) is 42.7. The van der Waals surface area contributed by atoms with E-state index in [1.54, 1.807) is 74.0 Å². The third kappa shape index (κ3) is 7.97. The number of methoxy groups -OCH3 is 1. The number of aromatic nitrogens is 3. The molecule has 43 heavy (non-hydrogen) atoms. The number of amidine groups is 1. The highest BCUT2D eigenvalue weighted by atomic mass is 16.5. The van der Waals surface area contributed by atoms with Crippen molar-refractivity contribution in [2.45, 2.75) is 6.42 Å². The molecule has 5 N–H and O–H groups in total. The van der Waals surface area contributed by atoms with E-state index in [2.05, 4.69) is 26.3 Å². The Bertz CT molecular complexity index is 1650. The van der Waals surface area contributed by atoms with Crippen molar-refractivity contribution in [1.82, 2.24) is 24.8 Å². The number of hydrogen-bond acceptors (Lipinski definition) is 6. The minimum absolute atomic E-state index is 0.311. The second-order valence-corrected chi connectivity index (χ2v) is 9.67. The molecule has 0 bridgehead atoms. The van der Waals surface area contributed by atoms with Crippen LogP contribution in [0.1, 0.15) is 49.0 Å². The fraction of sp³-hybridized carbons (Fsp3) is 0.194. The number of hydrogen-bond donors (Lipinski definition) is 5. The van der Waals surface area contributed by atoms with Gasteiger partial charge in [-0.1, -0.05) is 18.2 Å². The fourth-order valence-corrected chi connectivity index (χ4v) is 4.17. The first-order chi connectivity index (χ1) is 20.7. The Hall–Kier alpha value is -5.65. The first-order valence-electron chi connectivity index (χ1n) is 13.4. The summed E-state index contributed by atoms with van der Waals surface area (Å²) < 4.78 is 8.38. The van der Waals surface area contributed by atoms with Crippen LogP contribution in [0.2, 0.25) is 0 Å². The zero-order valence-corrected chi connectivity index (χ0v) is 24.4. The molecule has 0 radical (unpaired) electrons. The summed E-state index contributed by atoms with van der Waals surface area (Å²) in [5, 5.41) is 18.7. The van der Waals surface area contributed by atoms with Gasteiger partial charge in [0.2, 0.25) is 0 Å². The molecule has 0 saturated carbocycles. The van der Waals surface area contributed by atoms with E-state index in [0.29, 0.717) is 52.8 Å². The number of rotatable bonds is 11. The van der Waals surface area contributed by atoms with Crippen LogP contribution < -0.4 is 26.0 Å². The van der Waals surface area contributed by atoms with E-state index < -0.39 is 5.91 Å². The number of aryl methyl sites for hydroxylation is 2. The normalized spacial score (nSPS) is 10.8. The maximum atomic E-state index is 13.0. The molecule has 0 atom stereocenters. The number of pyridine rings is 1. The number of carbonyl (C=O) groups excluding carboxylic acids is 3. The Morgan fingerprint density at radius 2 is 1.51 bits per heavy atom. The van der Waals surface area contributed by atoms with Crippen LogP contribution in [0.3, 0.4) is 0 Å². The quantitative estimate of drug-likeness (QED) is 0.134. The van der Waals surface area contributed by atoms with Gasteiger partial charge in [-0.05, 0) is 48.0 Å². The van der Waals surface area contributed by atoms with Crippen molar-refractivity contribution in [1.29, 1.82) is 5.41 Å². The van der Waals surface area contributed by atoms with Crippen LogP contribution in [0.15, 0.2) is 67.1 Å². The number of amides is 3. The number of anilines is 2. The number of benzene rings is 1. The summed E-state index contributed by atoms with van der Waals surface area (Å²) in [6.07, 6.45) is 8.92. The Balaban J connectivity index is 1.34. The smallest absolute Gasteiger partial charge is 0.272 e. The molecular formula is C31H34N8O4. The molecule has 12 nitrogen and oxygen atoms in total. The predicted octanol–water partition coefficient (Wildman–Crippen LogP) is 3.76. The minimum atomic E-state index is -0.405. The van der Waals surface area contributed by atoms with Gasteiger partial charge in [0, 0.05) is 52.7 Å². The monoisotopic (exact) mass is 582 g/mol. The van der Waals surface area contributed by atoms with Gasteiger partial charge < -0.3 is 35.1 Å². The number of nitrogens with zero attached hydrogens (tertiary/aromatic N) is 3. The first-order valence-corrected chi connectivity index (χ1v) is 13.4. The molecule has 4 rings (SSSR count). The predicted molar refractivity (Wildman–Crippen MR) is 167 cm³/mol. The fourth-order valence-electron chi connectivity index (χ4n) is 4.17. The van der Waals surface area contributed by atoms with Crippen molar-refractivity contribution in [2.75, 3.05) is 31.3 Å². The van der Waals surface area contributed by atoms with Crippen molar-refractivity contribution in [3.05, 3.63) is 95.3 Å². The lowest BCUT2D eigenvalue weighted by Gasteiger charge is -2.06. The molecule has 0 aliphatic carbocycles. The van der Waals surface area contributed by atoms with Gasteiger partial charge >= 0.3 is 0 Å². The molecule has 3 heterocycles. The lowest BCUT2D eigenvalue weighted by atomic mass is 10.1. The van der Waals surface area contributed by atoms with Crippen LogP contribution in [-0.2, 0) is 14.1 Å². The van der Waals surface area contributed by atoms with E-state index >= 15 is 0 Å². The third-order valence-electron chi connectivity index (χ3n) is 6.56. The summed E-state index contributed by atoms with van der Waals surface area (Å²) in [5.41, 5.74) is 3.62. The van der Waals surface area contributed by atoms with Crippen LogP contribution in [0.25, 0.3) is 12.2 Å². The van der Waals surface area contributed by atoms with Gasteiger partial charge in [0.1, 0.15) is 17.1 Å². The van der Waals surface area contributed by atoms with E-state index in [9.17, 15) is 14.4 Å². The van der Waals surface area contributed by atoms with Gasteiger partial charge in [-0.15, -0.1) is 0 Å². The van der Waals surface area contributed by atoms with E-state index in [4.69, 9.17) is 10.1 Å². The van der Waals surface area contributed by atoms with Crippen LogP contribution >= 0.6 is 0 Å². The molecule has 0 saturated heterocycles. The Morgan fingerprint density at radius 3 is 2.09 bits per heavy atom. The highest BCUT2D eigenvalue weighted by molar-refractivity contribution is 6.07. The van der Waals surface area contributed by atoms with Crippen LogP contribution in [0, 0.1) is 5.41 Å². The summed E-state index contributed by atoms with van der Waals surface area (Å²) >= 11 is 0. The van der Waals surface area contributed by atoms with E-state index in [1.807, 2.05) is 36.4 Å². The molecule has 0 spiro atoms. The SMILES string of the molecule is CNC(=N)CCNC(=O)c1cc(NC(=O)c2cc(NC(=O)c3ccc(/C=C/c4ccc(OC)cc4)nc3)cn2C)cn1C. The summed E-state index contributed by atoms with van der Waals surface area (Å²) in [5.74, 6) is 0.0224. The van der Waals surface area contributed by atoms with Crippen molar-refractivity contribution in [3.63, 3.8) is 0 Å². The molecular weight excluding hydrogens is 548 g/mol. The van der Waals surface area contributed by atoms with Gasteiger partial charge in [0.05, 0.1) is 35.6 Å². The number of ether oxygens (including phenoxy) is 1. The zero-order chi connectivity index (χ0) is 30.9. The van der Waals surface area contributed by atoms with Crippen LogP contribution in [-0.4, -0.2) is 58.4 Å². The minimum Gasteiger partial charge on any atom is -0.497 e. The molecule has 0 aliphatic heterocycles. The van der Waals surface area contributed by atoms with Crippen molar-refractivity contribution in [2.24, 2.45) is 14.1 Å². The Labute approximate surface area is 249 Å². The molecule has 0 aliphatic rings. The van der Waals surface area contributed by atoms with Crippen LogP contribution in [0.5, 0.6) is 5.75 Å². The summed E-state index contributed by atoms with van der Waals surface area (Å²) in [6, 6.07) is 14.2. The average molecular weight is 583 g/mol. The van der Waals surface area contributed by atoms with Crippen molar-refractivity contribution >= 4 is 47.1 Å². The molecule has 12 heteroatoms. The Kier molecular flexibility index (Phi) is 9.74. The lowest BCUT2D eigenvalue weighted by Crippen LogP contribution is -2.29. The average Bonchev–Trinajstić information content (AvgIpc) is 3.57. The van der Waals surface area contributed by atoms with Gasteiger partial charge in [-0.2, -0.15) is 0 Å². The maximum Gasteiger partial charge on any atom is 0.272 e. The number of carbonyl (C=O) groups is 3. The molecule has 3 aromatic heterocycles. The van der Waals surface area contributed by atoms with Gasteiger partial charge in [-0.3, -0.25) is 24.8 Å².